The largest absolute Gasteiger partial charge is 0.325 e. The van der Waals surface area contributed by atoms with Gasteiger partial charge in [-0.2, -0.15) is 17.0 Å². The first-order valence-electron chi connectivity index (χ1n) is 4.51. The quantitative estimate of drug-likeness (QED) is 0.850. The van der Waals surface area contributed by atoms with E-state index in [2.05, 4.69) is 5.32 Å². The third-order valence-corrected chi connectivity index (χ3v) is 2.93. The molecule has 0 saturated carbocycles. The Bertz CT molecular complexity index is 381. The van der Waals surface area contributed by atoms with Gasteiger partial charge in [0.2, 0.25) is 5.91 Å². The second-order valence-electron chi connectivity index (χ2n) is 3.06. The van der Waals surface area contributed by atoms with Crippen LogP contribution in [0.2, 0.25) is 0 Å². The molecule has 0 unspecified atom stereocenters. The molecule has 1 aromatic carbocycles. The minimum Gasteiger partial charge on any atom is -0.325 e. The lowest BCUT2D eigenvalue weighted by Crippen LogP contribution is -2.21. The molecule has 0 radical (unpaired) electrons. The zero-order chi connectivity index (χ0) is 11.3. The van der Waals surface area contributed by atoms with Crippen molar-refractivity contribution in [1.29, 1.82) is 5.26 Å². The molecule has 4 heteroatoms. The van der Waals surface area contributed by atoms with E-state index in [1.54, 1.807) is 24.3 Å². The van der Waals surface area contributed by atoms with Crippen molar-refractivity contribution >= 4 is 23.4 Å². The summed E-state index contributed by atoms with van der Waals surface area (Å²) in [6.45, 7) is 1.85. The van der Waals surface area contributed by atoms with Crippen molar-refractivity contribution < 1.29 is 4.79 Å². The maximum atomic E-state index is 11.5. The number of amides is 1. The number of carbonyl (C=O) groups is 1. The number of nitrogens with zero attached hydrogens (tertiary/aromatic N) is 1. The molecule has 78 valence electrons. The van der Waals surface area contributed by atoms with E-state index in [-0.39, 0.29) is 11.2 Å². The van der Waals surface area contributed by atoms with E-state index < -0.39 is 0 Å². The minimum absolute atomic E-state index is 0.0211. The lowest BCUT2D eigenvalue weighted by Gasteiger charge is -2.09. The molecule has 0 fully saturated rings. The highest BCUT2D eigenvalue weighted by Gasteiger charge is 2.10. The fraction of sp³-hybridized carbons (Fsp3) is 0.273. The van der Waals surface area contributed by atoms with Gasteiger partial charge in [-0.15, -0.1) is 0 Å². The molecule has 0 aromatic heterocycles. The first-order valence-corrected chi connectivity index (χ1v) is 5.80. The molecule has 1 aromatic rings. The number of benzene rings is 1. The number of nitriles is 1. The summed E-state index contributed by atoms with van der Waals surface area (Å²) in [5.41, 5.74) is 1.31. The summed E-state index contributed by atoms with van der Waals surface area (Å²) in [6.07, 6.45) is 1.89. The van der Waals surface area contributed by atoms with Crippen LogP contribution < -0.4 is 5.32 Å². The van der Waals surface area contributed by atoms with Gasteiger partial charge in [0.25, 0.3) is 0 Å². The predicted octanol–water partition coefficient (Wildman–Crippen LogP) is 2.25. The van der Waals surface area contributed by atoms with Crippen LogP contribution in [-0.4, -0.2) is 17.4 Å². The average Bonchev–Trinajstić information content (AvgIpc) is 2.29. The molecule has 3 nitrogen and oxygen atoms in total. The van der Waals surface area contributed by atoms with Gasteiger partial charge in [0.05, 0.1) is 16.9 Å². The van der Waals surface area contributed by atoms with Crippen LogP contribution in [-0.2, 0) is 4.79 Å². The third kappa shape index (κ3) is 3.30. The van der Waals surface area contributed by atoms with E-state index in [0.29, 0.717) is 5.56 Å². The van der Waals surface area contributed by atoms with Crippen molar-refractivity contribution in [3.05, 3.63) is 29.8 Å². The molecule has 0 saturated heterocycles. The van der Waals surface area contributed by atoms with Gasteiger partial charge in [0.1, 0.15) is 0 Å². The Morgan fingerprint density at radius 2 is 2.07 bits per heavy atom. The molecule has 1 rings (SSSR count). The van der Waals surface area contributed by atoms with Gasteiger partial charge in [-0.05, 0) is 37.4 Å². The summed E-state index contributed by atoms with van der Waals surface area (Å²) in [7, 11) is 0. The second kappa shape index (κ2) is 5.42. The highest BCUT2D eigenvalue weighted by molar-refractivity contribution is 7.99. The van der Waals surface area contributed by atoms with Gasteiger partial charge >= 0.3 is 0 Å². The van der Waals surface area contributed by atoms with Crippen LogP contribution in [0, 0.1) is 11.3 Å². The molecule has 0 aliphatic rings. The van der Waals surface area contributed by atoms with E-state index in [0.717, 1.165) is 5.69 Å². The summed E-state index contributed by atoms with van der Waals surface area (Å²) in [4.78, 5) is 11.5. The van der Waals surface area contributed by atoms with Crippen molar-refractivity contribution in [3.63, 3.8) is 0 Å². The van der Waals surface area contributed by atoms with Gasteiger partial charge in [0, 0.05) is 5.69 Å². The summed E-state index contributed by atoms with van der Waals surface area (Å²) in [5.74, 6) is -0.0211. The summed E-state index contributed by atoms with van der Waals surface area (Å²) >= 11 is 1.50. The van der Waals surface area contributed by atoms with Gasteiger partial charge in [-0.1, -0.05) is 0 Å². The van der Waals surface area contributed by atoms with Gasteiger partial charge in [0.15, 0.2) is 0 Å². The number of hydrogen-bond donors (Lipinski definition) is 1. The van der Waals surface area contributed by atoms with Crippen molar-refractivity contribution in [2.75, 3.05) is 11.6 Å². The predicted molar refractivity (Wildman–Crippen MR) is 62.8 cm³/mol. The number of anilines is 1. The molecule has 0 bridgehead atoms. The maximum absolute atomic E-state index is 11.5. The molecule has 15 heavy (non-hydrogen) atoms. The van der Waals surface area contributed by atoms with Crippen LogP contribution in [0.25, 0.3) is 0 Å². The summed E-state index contributed by atoms with van der Waals surface area (Å²) < 4.78 is 0. The SMILES string of the molecule is CS[C@@H](C)C(=O)Nc1ccc(C#N)cc1. The van der Waals surface area contributed by atoms with E-state index in [9.17, 15) is 4.79 Å². The van der Waals surface area contributed by atoms with Gasteiger partial charge in [-0.25, -0.2) is 0 Å². The Morgan fingerprint density at radius 3 is 2.53 bits per heavy atom. The van der Waals surface area contributed by atoms with E-state index >= 15 is 0 Å². The van der Waals surface area contributed by atoms with E-state index in [4.69, 9.17) is 5.26 Å². The normalized spacial score (nSPS) is 11.5. The first kappa shape index (κ1) is 11.6. The zero-order valence-electron chi connectivity index (χ0n) is 8.65. The lowest BCUT2D eigenvalue weighted by molar-refractivity contribution is -0.115. The van der Waals surface area contributed by atoms with Crippen LogP contribution in [0.3, 0.4) is 0 Å². The number of nitrogens with one attached hydrogen (secondary N) is 1. The zero-order valence-corrected chi connectivity index (χ0v) is 9.47. The Kier molecular flexibility index (Phi) is 4.19. The molecule has 1 atom stereocenters. The number of carbonyl (C=O) groups excluding carboxylic acids is 1. The van der Waals surface area contributed by atoms with Gasteiger partial charge in [-0.3, -0.25) is 4.79 Å². The molecule has 1 N–H and O–H groups in total. The lowest BCUT2D eigenvalue weighted by atomic mass is 10.2. The van der Waals surface area contributed by atoms with Crippen LogP contribution in [0.1, 0.15) is 12.5 Å². The number of hydrogen-bond acceptors (Lipinski definition) is 3. The van der Waals surface area contributed by atoms with Crippen LogP contribution >= 0.6 is 11.8 Å². The molecule has 0 aliphatic heterocycles. The van der Waals surface area contributed by atoms with Crippen molar-refractivity contribution in [2.45, 2.75) is 12.2 Å². The number of thioether (sulfide) groups is 1. The number of rotatable bonds is 3. The molecule has 0 heterocycles. The molecule has 0 spiro atoms. The molecule has 0 aliphatic carbocycles. The summed E-state index contributed by atoms with van der Waals surface area (Å²) in [6, 6.07) is 8.84. The Hall–Kier alpha value is -1.47. The topological polar surface area (TPSA) is 52.9 Å². The Labute approximate surface area is 93.5 Å². The highest BCUT2D eigenvalue weighted by atomic mass is 32.2. The van der Waals surface area contributed by atoms with Crippen molar-refractivity contribution in [1.82, 2.24) is 0 Å². The highest BCUT2D eigenvalue weighted by Crippen LogP contribution is 2.12. The Balaban J connectivity index is 2.66. The fourth-order valence-electron chi connectivity index (χ4n) is 0.979. The molecular formula is C11H12N2OS. The van der Waals surface area contributed by atoms with Crippen molar-refractivity contribution in [2.24, 2.45) is 0 Å². The summed E-state index contributed by atoms with van der Waals surface area (Å²) in [5, 5.41) is 11.3. The smallest absolute Gasteiger partial charge is 0.237 e. The maximum Gasteiger partial charge on any atom is 0.237 e. The van der Waals surface area contributed by atoms with Gasteiger partial charge < -0.3 is 5.32 Å². The third-order valence-electron chi connectivity index (χ3n) is 2.00. The molecule has 1 amide bonds. The van der Waals surface area contributed by atoms with Crippen molar-refractivity contribution in [3.8, 4) is 6.07 Å². The molecular weight excluding hydrogens is 208 g/mol. The average molecular weight is 220 g/mol. The van der Waals surface area contributed by atoms with Crippen LogP contribution in [0.5, 0.6) is 0 Å². The Morgan fingerprint density at radius 1 is 1.47 bits per heavy atom. The monoisotopic (exact) mass is 220 g/mol. The minimum atomic E-state index is -0.0688. The first-order chi connectivity index (χ1) is 7.17. The fourth-order valence-corrected chi connectivity index (χ4v) is 1.25. The van der Waals surface area contributed by atoms with Crippen LogP contribution in [0.4, 0.5) is 5.69 Å². The standard InChI is InChI=1S/C11H12N2OS/c1-8(15-2)11(14)13-10-5-3-9(7-12)4-6-10/h3-6,8H,1-2H3,(H,13,14)/t8-/m0/s1. The van der Waals surface area contributed by atoms with E-state index in [1.807, 2.05) is 19.2 Å². The second-order valence-corrected chi connectivity index (χ2v) is 4.23. The van der Waals surface area contributed by atoms with Crippen LogP contribution in [0.15, 0.2) is 24.3 Å². The van der Waals surface area contributed by atoms with E-state index in [1.165, 1.54) is 11.8 Å².